The second kappa shape index (κ2) is 9.23. The third kappa shape index (κ3) is 5.71. The second-order valence-electron chi connectivity index (χ2n) is 5.92. The van der Waals surface area contributed by atoms with Gasteiger partial charge in [0.05, 0.1) is 30.5 Å². The van der Waals surface area contributed by atoms with Crippen molar-refractivity contribution in [3.8, 4) is 5.75 Å². The SMILES string of the molecule is O=C(COc1coc(CN2CCOCC2)cc1=O)Nc1cc(Cl)ccc1Cl. The fraction of sp³-hybridized carbons (Fsp3) is 0.333. The van der Waals surface area contributed by atoms with Crippen molar-refractivity contribution in [2.75, 3.05) is 38.2 Å². The first-order valence-corrected chi connectivity index (χ1v) is 9.06. The van der Waals surface area contributed by atoms with Gasteiger partial charge < -0.3 is 19.2 Å². The van der Waals surface area contributed by atoms with Crippen LogP contribution in [0.4, 0.5) is 5.69 Å². The lowest BCUT2D eigenvalue weighted by molar-refractivity contribution is -0.118. The zero-order valence-electron chi connectivity index (χ0n) is 14.4. The molecule has 0 bridgehead atoms. The van der Waals surface area contributed by atoms with E-state index in [0.717, 1.165) is 13.1 Å². The molecule has 0 unspecified atom stereocenters. The highest BCUT2D eigenvalue weighted by atomic mass is 35.5. The highest BCUT2D eigenvalue weighted by molar-refractivity contribution is 6.35. The number of anilines is 1. The van der Waals surface area contributed by atoms with E-state index in [1.807, 2.05) is 0 Å². The zero-order chi connectivity index (χ0) is 19.2. The molecule has 0 spiro atoms. The molecule has 1 aliphatic rings. The fourth-order valence-electron chi connectivity index (χ4n) is 2.53. The number of halogens is 2. The minimum atomic E-state index is -0.476. The van der Waals surface area contributed by atoms with Gasteiger partial charge in [0.15, 0.2) is 6.61 Å². The van der Waals surface area contributed by atoms with E-state index in [-0.39, 0.29) is 17.8 Å². The summed E-state index contributed by atoms with van der Waals surface area (Å²) in [7, 11) is 0. The lowest BCUT2D eigenvalue weighted by atomic mass is 10.3. The van der Waals surface area contributed by atoms with Crippen LogP contribution in [0.5, 0.6) is 5.75 Å². The second-order valence-corrected chi connectivity index (χ2v) is 6.77. The van der Waals surface area contributed by atoms with E-state index in [4.69, 9.17) is 37.1 Å². The van der Waals surface area contributed by atoms with Crippen molar-refractivity contribution < 1.29 is 18.7 Å². The molecule has 0 aliphatic carbocycles. The largest absolute Gasteiger partial charge is 0.477 e. The molecule has 2 aromatic rings. The molecule has 1 amide bonds. The number of rotatable bonds is 6. The Morgan fingerprint density at radius 3 is 2.74 bits per heavy atom. The highest BCUT2D eigenvalue weighted by Gasteiger charge is 2.14. The van der Waals surface area contributed by atoms with Gasteiger partial charge in [-0.25, -0.2) is 0 Å². The molecule has 2 heterocycles. The predicted octanol–water partition coefficient (Wildman–Crippen LogP) is 2.80. The van der Waals surface area contributed by atoms with E-state index < -0.39 is 5.91 Å². The van der Waals surface area contributed by atoms with Crippen molar-refractivity contribution in [3.05, 3.63) is 56.6 Å². The molecule has 1 aromatic carbocycles. The molecule has 0 radical (unpaired) electrons. The van der Waals surface area contributed by atoms with Crippen molar-refractivity contribution in [2.45, 2.75) is 6.54 Å². The number of ether oxygens (including phenoxy) is 2. The van der Waals surface area contributed by atoms with E-state index in [0.29, 0.717) is 41.3 Å². The Balaban J connectivity index is 1.55. The summed E-state index contributed by atoms with van der Waals surface area (Å²) in [6, 6.07) is 6.08. The summed E-state index contributed by atoms with van der Waals surface area (Å²) in [6.07, 6.45) is 1.22. The van der Waals surface area contributed by atoms with Crippen molar-refractivity contribution >= 4 is 34.8 Å². The molecule has 9 heteroatoms. The molecular formula is C18H18Cl2N2O5. The van der Waals surface area contributed by atoms with Crippen LogP contribution in [0.15, 0.2) is 39.7 Å². The normalized spacial score (nSPS) is 14.7. The van der Waals surface area contributed by atoms with Gasteiger partial charge in [0.1, 0.15) is 12.0 Å². The van der Waals surface area contributed by atoms with Crippen LogP contribution >= 0.6 is 23.2 Å². The van der Waals surface area contributed by atoms with Gasteiger partial charge in [0.2, 0.25) is 11.2 Å². The van der Waals surface area contributed by atoms with E-state index in [9.17, 15) is 9.59 Å². The average molecular weight is 413 g/mol. The van der Waals surface area contributed by atoms with Gasteiger partial charge in [-0.05, 0) is 18.2 Å². The number of morpholine rings is 1. The molecule has 144 valence electrons. The van der Waals surface area contributed by atoms with Gasteiger partial charge >= 0.3 is 0 Å². The van der Waals surface area contributed by atoms with Crippen LogP contribution < -0.4 is 15.5 Å². The summed E-state index contributed by atoms with van der Waals surface area (Å²) in [5.74, 6) is 0.0217. The lowest BCUT2D eigenvalue weighted by Gasteiger charge is -2.25. The Morgan fingerprint density at radius 1 is 1.22 bits per heavy atom. The number of carbonyl (C=O) groups is 1. The van der Waals surface area contributed by atoms with Gasteiger partial charge in [0.25, 0.3) is 5.91 Å². The summed E-state index contributed by atoms with van der Waals surface area (Å²) in [4.78, 5) is 26.3. The Labute approximate surface area is 165 Å². The summed E-state index contributed by atoms with van der Waals surface area (Å²) in [5, 5.41) is 3.36. The first-order chi connectivity index (χ1) is 13.0. The van der Waals surface area contributed by atoms with Gasteiger partial charge in [0, 0.05) is 24.2 Å². The predicted molar refractivity (Wildman–Crippen MR) is 102 cm³/mol. The monoisotopic (exact) mass is 412 g/mol. The van der Waals surface area contributed by atoms with Crippen LogP contribution in [0.25, 0.3) is 0 Å². The number of carbonyl (C=O) groups excluding carboxylic acids is 1. The summed E-state index contributed by atoms with van der Waals surface area (Å²) < 4.78 is 16.0. The third-order valence-electron chi connectivity index (χ3n) is 3.90. The third-order valence-corrected chi connectivity index (χ3v) is 4.46. The standard InChI is InChI=1S/C18H18Cl2N2O5/c19-12-1-2-14(20)15(7-12)21-18(24)11-27-17-10-26-13(8-16(17)23)9-22-3-5-25-6-4-22/h1-2,7-8,10H,3-6,9,11H2,(H,21,24). The van der Waals surface area contributed by atoms with Crippen molar-refractivity contribution in [3.63, 3.8) is 0 Å². The summed E-state index contributed by atoms with van der Waals surface area (Å²) in [5.41, 5.74) is 0.0174. The molecule has 1 aromatic heterocycles. The number of benzene rings is 1. The number of nitrogens with zero attached hydrogens (tertiary/aromatic N) is 1. The van der Waals surface area contributed by atoms with E-state index in [1.54, 1.807) is 12.1 Å². The Kier molecular flexibility index (Phi) is 6.73. The fourth-order valence-corrected chi connectivity index (χ4v) is 2.87. The minimum absolute atomic E-state index is 0.0342. The minimum Gasteiger partial charge on any atom is -0.477 e. The van der Waals surface area contributed by atoms with Gasteiger partial charge in [-0.3, -0.25) is 14.5 Å². The van der Waals surface area contributed by atoms with E-state index in [2.05, 4.69) is 10.2 Å². The first-order valence-electron chi connectivity index (χ1n) is 8.31. The number of hydrogen-bond acceptors (Lipinski definition) is 6. The van der Waals surface area contributed by atoms with Crippen molar-refractivity contribution in [2.24, 2.45) is 0 Å². The number of amides is 1. The lowest BCUT2D eigenvalue weighted by Crippen LogP contribution is -2.35. The van der Waals surface area contributed by atoms with E-state index in [1.165, 1.54) is 18.4 Å². The smallest absolute Gasteiger partial charge is 0.262 e. The van der Waals surface area contributed by atoms with Crippen molar-refractivity contribution in [1.82, 2.24) is 4.90 Å². The van der Waals surface area contributed by atoms with Crippen LogP contribution in [0.2, 0.25) is 10.0 Å². The molecule has 7 nitrogen and oxygen atoms in total. The van der Waals surface area contributed by atoms with Gasteiger partial charge in [-0.1, -0.05) is 23.2 Å². The first kappa shape index (κ1) is 19.7. The molecule has 0 saturated carbocycles. The van der Waals surface area contributed by atoms with Crippen LogP contribution in [-0.4, -0.2) is 43.7 Å². The summed E-state index contributed by atoms with van der Waals surface area (Å²) >= 11 is 11.9. The zero-order valence-corrected chi connectivity index (χ0v) is 15.9. The summed E-state index contributed by atoms with van der Waals surface area (Å²) in [6.45, 7) is 3.06. The average Bonchev–Trinajstić information content (AvgIpc) is 2.65. The quantitative estimate of drug-likeness (QED) is 0.785. The maximum atomic E-state index is 12.2. The van der Waals surface area contributed by atoms with E-state index >= 15 is 0 Å². The maximum absolute atomic E-state index is 12.2. The Bertz CT molecular complexity index is 865. The van der Waals surface area contributed by atoms with Crippen molar-refractivity contribution in [1.29, 1.82) is 0 Å². The molecule has 0 atom stereocenters. The molecule has 1 saturated heterocycles. The Morgan fingerprint density at radius 2 is 2.00 bits per heavy atom. The number of nitrogens with one attached hydrogen (secondary N) is 1. The van der Waals surface area contributed by atoms with Crippen LogP contribution in [-0.2, 0) is 16.1 Å². The maximum Gasteiger partial charge on any atom is 0.262 e. The highest BCUT2D eigenvalue weighted by Crippen LogP contribution is 2.25. The topological polar surface area (TPSA) is 81.0 Å². The van der Waals surface area contributed by atoms with Gasteiger partial charge in [-0.2, -0.15) is 0 Å². The molecule has 3 rings (SSSR count). The molecule has 1 N–H and O–H groups in total. The molecule has 1 fully saturated rings. The molecular weight excluding hydrogens is 395 g/mol. The molecule has 1 aliphatic heterocycles. The Hall–Kier alpha value is -2.06. The number of hydrogen-bond donors (Lipinski definition) is 1. The van der Waals surface area contributed by atoms with Crippen LogP contribution in [0.3, 0.4) is 0 Å². The molecule has 27 heavy (non-hydrogen) atoms. The van der Waals surface area contributed by atoms with Crippen LogP contribution in [0, 0.1) is 0 Å². The van der Waals surface area contributed by atoms with Crippen LogP contribution in [0.1, 0.15) is 5.76 Å². The van der Waals surface area contributed by atoms with Gasteiger partial charge in [-0.15, -0.1) is 0 Å².